The van der Waals surface area contributed by atoms with Crippen LogP contribution in [0.4, 0.5) is 0 Å². The number of carbonyl (C=O) groups excluding carboxylic acids is 1. The Bertz CT molecular complexity index is 880. The second-order valence-corrected chi connectivity index (χ2v) is 18.2. The van der Waals surface area contributed by atoms with E-state index in [1.165, 1.54) is 154 Å². The topological polar surface area (TPSA) is 105 Å². The molecule has 53 heavy (non-hydrogen) atoms. The van der Waals surface area contributed by atoms with Gasteiger partial charge >= 0.3 is 7.82 Å². The van der Waals surface area contributed by atoms with E-state index in [4.69, 9.17) is 9.05 Å². The number of phosphoric ester groups is 1. The van der Waals surface area contributed by atoms with Crippen molar-refractivity contribution in [3.05, 3.63) is 12.2 Å². The lowest BCUT2D eigenvalue weighted by Crippen LogP contribution is -2.45. The number of rotatable bonds is 41. The number of carbonyl (C=O) groups is 1. The van der Waals surface area contributed by atoms with Crippen LogP contribution in [0.1, 0.15) is 213 Å². The summed E-state index contributed by atoms with van der Waals surface area (Å²) >= 11 is 0. The number of likely N-dealkylation sites (N-methyl/N-ethyl adjacent to an activating group) is 1. The van der Waals surface area contributed by atoms with Crippen molar-refractivity contribution in [3.63, 3.8) is 0 Å². The molecule has 0 aliphatic carbocycles. The molecule has 0 saturated heterocycles. The fourth-order valence-corrected chi connectivity index (χ4v) is 7.37. The molecule has 0 bridgehead atoms. The van der Waals surface area contributed by atoms with Crippen LogP contribution in [0.15, 0.2) is 12.2 Å². The average Bonchev–Trinajstić information content (AvgIpc) is 3.10. The third-order valence-electron chi connectivity index (χ3n) is 10.3. The number of amides is 1. The van der Waals surface area contributed by atoms with Crippen LogP contribution >= 0.6 is 7.82 Å². The van der Waals surface area contributed by atoms with Gasteiger partial charge in [-0.1, -0.05) is 199 Å². The maximum atomic E-state index is 12.6. The van der Waals surface area contributed by atoms with Crippen LogP contribution in [0.3, 0.4) is 0 Å². The number of allylic oxidation sites excluding steroid dienone is 1. The first-order valence-electron chi connectivity index (χ1n) is 22.6. The molecule has 0 heterocycles. The number of nitrogens with one attached hydrogen (secondary N) is 1. The smallest absolute Gasteiger partial charge is 0.387 e. The van der Waals surface area contributed by atoms with Crippen molar-refractivity contribution < 1.29 is 32.9 Å². The summed E-state index contributed by atoms with van der Waals surface area (Å²) in [6.07, 6.45) is 42.2. The molecule has 0 spiro atoms. The van der Waals surface area contributed by atoms with Gasteiger partial charge in [0.1, 0.15) is 13.2 Å². The van der Waals surface area contributed by atoms with E-state index >= 15 is 0 Å². The molecule has 0 fully saturated rings. The number of nitrogens with zero attached hydrogens (tertiary/aromatic N) is 1. The van der Waals surface area contributed by atoms with Crippen LogP contribution in [0.5, 0.6) is 0 Å². The third kappa shape index (κ3) is 39.3. The molecule has 0 aromatic heterocycles. The van der Waals surface area contributed by atoms with Gasteiger partial charge in [-0.2, -0.15) is 0 Å². The van der Waals surface area contributed by atoms with Crippen LogP contribution in [0.25, 0.3) is 0 Å². The lowest BCUT2D eigenvalue weighted by atomic mass is 10.0. The summed E-state index contributed by atoms with van der Waals surface area (Å²) in [6, 6.07) is -0.837. The van der Waals surface area contributed by atoms with E-state index in [0.717, 1.165) is 38.5 Å². The second-order valence-electron chi connectivity index (χ2n) is 16.8. The van der Waals surface area contributed by atoms with Crippen LogP contribution in [0.2, 0.25) is 0 Å². The molecule has 0 saturated carbocycles. The number of hydrogen-bond donors (Lipinski definition) is 3. The van der Waals surface area contributed by atoms with Crippen molar-refractivity contribution in [2.45, 2.75) is 225 Å². The Morgan fingerprint density at radius 1 is 0.623 bits per heavy atom. The van der Waals surface area contributed by atoms with Crippen molar-refractivity contribution >= 4 is 13.7 Å². The molecule has 316 valence electrons. The Hall–Kier alpha value is -0.760. The van der Waals surface area contributed by atoms with Crippen LogP contribution in [0, 0.1) is 0 Å². The molecule has 3 unspecified atom stereocenters. The van der Waals surface area contributed by atoms with Crippen molar-refractivity contribution in [1.29, 1.82) is 0 Å². The molecule has 0 aromatic rings. The zero-order valence-corrected chi connectivity index (χ0v) is 36.7. The standard InChI is InChI=1S/C44H89N2O6P/c1-6-8-10-12-13-14-15-16-17-18-19-20-21-22-23-24-25-26-27-28-29-30-31-32-33-34-35-37-43(47)42(45-44(48)38-36-11-9-7-2)41-52-53(49,50)51-40-39-46(3,4)5/h35,37,42-43,47H,6-34,36,38-41H2,1-5H3,(H-,45,48,49,50)/p+1/b37-35+. The second kappa shape index (κ2) is 36.9. The fourth-order valence-electron chi connectivity index (χ4n) is 6.63. The molecule has 9 heteroatoms. The first kappa shape index (κ1) is 52.2. The SMILES string of the molecule is CCCCCCCCCCCCCCCCCCCCCCCCCCC/C=C/C(O)C(COP(=O)(O)OCC[N+](C)(C)C)NC(=O)CCCCCC. The summed E-state index contributed by atoms with van der Waals surface area (Å²) in [5.74, 6) is -0.193. The van der Waals surface area contributed by atoms with Crippen LogP contribution < -0.4 is 5.32 Å². The Kier molecular flexibility index (Phi) is 36.3. The highest BCUT2D eigenvalue weighted by atomic mass is 31.2. The minimum atomic E-state index is -4.32. The molecule has 0 rings (SSSR count). The summed E-state index contributed by atoms with van der Waals surface area (Å²) in [5.41, 5.74) is 0. The van der Waals surface area contributed by atoms with Crippen LogP contribution in [-0.2, 0) is 18.4 Å². The summed E-state index contributed by atoms with van der Waals surface area (Å²) < 4.78 is 23.3. The summed E-state index contributed by atoms with van der Waals surface area (Å²) in [7, 11) is 1.58. The molecule has 0 aromatic carbocycles. The molecule has 0 radical (unpaired) electrons. The van der Waals surface area contributed by atoms with E-state index in [2.05, 4.69) is 19.2 Å². The Morgan fingerprint density at radius 2 is 1.00 bits per heavy atom. The van der Waals surface area contributed by atoms with Crippen molar-refractivity contribution in [3.8, 4) is 0 Å². The third-order valence-corrected chi connectivity index (χ3v) is 11.2. The number of phosphoric acid groups is 1. The lowest BCUT2D eigenvalue weighted by molar-refractivity contribution is -0.870. The van der Waals surface area contributed by atoms with Gasteiger partial charge in [0.05, 0.1) is 39.9 Å². The summed E-state index contributed by atoms with van der Waals surface area (Å²) in [6.45, 7) is 4.70. The monoisotopic (exact) mass is 774 g/mol. The van der Waals surface area contributed by atoms with Crippen LogP contribution in [-0.4, -0.2) is 73.4 Å². The molecule has 3 atom stereocenters. The van der Waals surface area contributed by atoms with Gasteiger partial charge in [0, 0.05) is 6.42 Å². The molecular formula is C44H90N2O6P+. The normalized spacial score (nSPS) is 14.5. The number of quaternary nitrogens is 1. The minimum absolute atomic E-state index is 0.0633. The average molecular weight is 774 g/mol. The summed E-state index contributed by atoms with van der Waals surface area (Å²) in [5, 5.41) is 13.7. The van der Waals surface area contributed by atoms with Gasteiger partial charge in [-0.25, -0.2) is 4.57 Å². The quantitative estimate of drug-likeness (QED) is 0.0247. The first-order valence-corrected chi connectivity index (χ1v) is 24.1. The van der Waals surface area contributed by atoms with Crippen molar-refractivity contribution in [2.24, 2.45) is 0 Å². The highest BCUT2D eigenvalue weighted by Crippen LogP contribution is 2.43. The number of unbranched alkanes of at least 4 members (excludes halogenated alkanes) is 28. The van der Waals surface area contributed by atoms with E-state index in [9.17, 15) is 19.4 Å². The molecule has 0 aliphatic heterocycles. The van der Waals surface area contributed by atoms with Gasteiger partial charge in [-0.05, 0) is 19.3 Å². The fraction of sp³-hybridized carbons (Fsp3) is 0.932. The zero-order chi connectivity index (χ0) is 39.3. The first-order chi connectivity index (χ1) is 25.5. The molecule has 1 amide bonds. The summed E-state index contributed by atoms with van der Waals surface area (Å²) in [4.78, 5) is 22.7. The van der Waals surface area contributed by atoms with E-state index < -0.39 is 20.0 Å². The van der Waals surface area contributed by atoms with Gasteiger partial charge in [0.25, 0.3) is 0 Å². The maximum Gasteiger partial charge on any atom is 0.472 e. The van der Waals surface area contributed by atoms with Gasteiger partial charge in [0.2, 0.25) is 5.91 Å². The highest BCUT2D eigenvalue weighted by molar-refractivity contribution is 7.47. The van der Waals surface area contributed by atoms with E-state index in [1.807, 2.05) is 27.2 Å². The molecular weight excluding hydrogens is 683 g/mol. The zero-order valence-electron chi connectivity index (χ0n) is 35.8. The van der Waals surface area contributed by atoms with Gasteiger partial charge in [0.15, 0.2) is 0 Å². The predicted octanol–water partition coefficient (Wildman–Crippen LogP) is 12.4. The predicted molar refractivity (Wildman–Crippen MR) is 226 cm³/mol. The Balaban J connectivity index is 3.95. The van der Waals surface area contributed by atoms with Crippen molar-refractivity contribution in [2.75, 3.05) is 40.9 Å². The Labute approximate surface area is 329 Å². The molecule has 8 nitrogen and oxygen atoms in total. The number of hydrogen-bond acceptors (Lipinski definition) is 5. The van der Waals surface area contributed by atoms with E-state index in [-0.39, 0.29) is 19.1 Å². The van der Waals surface area contributed by atoms with Gasteiger partial charge < -0.3 is 19.8 Å². The molecule has 3 N–H and O–H groups in total. The Morgan fingerprint density at radius 3 is 1.40 bits per heavy atom. The van der Waals surface area contributed by atoms with Gasteiger partial charge in [-0.3, -0.25) is 13.8 Å². The van der Waals surface area contributed by atoms with Gasteiger partial charge in [-0.15, -0.1) is 0 Å². The lowest BCUT2D eigenvalue weighted by Gasteiger charge is -2.25. The largest absolute Gasteiger partial charge is 0.472 e. The van der Waals surface area contributed by atoms with E-state index in [1.54, 1.807) is 6.08 Å². The van der Waals surface area contributed by atoms with E-state index in [0.29, 0.717) is 17.4 Å². The minimum Gasteiger partial charge on any atom is -0.387 e. The molecule has 0 aliphatic rings. The number of aliphatic hydroxyl groups is 1. The highest BCUT2D eigenvalue weighted by Gasteiger charge is 2.27. The maximum absolute atomic E-state index is 12.6. The van der Waals surface area contributed by atoms with Crippen molar-refractivity contribution in [1.82, 2.24) is 5.32 Å². The number of aliphatic hydroxyl groups excluding tert-OH is 1.